The Kier molecular flexibility index (Phi) is 4.56. The van der Waals surface area contributed by atoms with Crippen LogP contribution in [0.25, 0.3) is 11.1 Å². The summed E-state index contributed by atoms with van der Waals surface area (Å²) in [4.78, 5) is 36.3. The van der Waals surface area contributed by atoms with Crippen LogP contribution in [-0.4, -0.2) is 48.4 Å². The van der Waals surface area contributed by atoms with Gasteiger partial charge in [-0.1, -0.05) is 42.5 Å². The number of hydrogen-bond acceptors (Lipinski definition) is 6. The Labute approximate surface area is 159 Å². The molecule has 0 amide bonds. The normalized spacial score (nSPS) is 16.0. The van der Waals surface area contributed by atoms with Crippen LogP contribution in [0.5, 0.6) is 0 Å². The van der Waals surface area contributed by atoms with Gasteiger partial charge in [0.1, 0.15) is 0 Å². The van der Waals surface area contributed by atoms with Crippen molar-refractivity contribution in [2.45, 2.75) is 10.5 Å². The van der Waals surface area contributed by atoms with Crippen LogP contribution in [0.15, 0.2) is 59.5 Å². The third-order valence-electron chi connectivity index (χ3n) is 4.29. The fourth-order valence-corrected chi connectivity index (χ4v) is 3.63. The highest BCUT2D eigenvalue weighted by atomic mass is 32.2. The summed E-state index contributed by atoms with van der Waals surface area (Å²) in [6.45, 7) is 0. The van der Waals surface area contributed by atoms with E-state index in [4.69, 9.17) is 4.74 Å². The molecule has 0 bridgehead atoms. The van der Waals surface area contributed by atoms with Gasteiger partial charge in [-0.3, -0.25) is 0 Å². The topological polar surface area (TPSA) is 135 Å². The van der Waals surface area contributed by atoms with Crippen molar-refractivity contribution in [2.24, 2.45) is 0 Å². The molecule has 0 spiro atoms. The molecule has 2 aromatic rings. The van der Waals surface area contributed by atoms with E-state index in [2.05, 4.69) is 0 Å². The molecule has 28 heavy (non-hydrogen) atoms. The van der Waals surface area contributed by atoms with Crippen LogP contribution in [0.2, 0.25) is 0 Å². The van der Waals surface area contributed by atoms with Crippen molar-refractivity contribution in [3.05, 3.63) is 65.7 Å². The molecule has 0 aliphatic carbocycles. The van der Waals surface area contributed by atoms with Gasteiger partial charge in [-0.05, 0) is 23.3 Å². The minimum atomic E-state index is -3.53. The number of sulfone groups is 1. The van der Waals surface area contributed by atoms with Gasteiger partial charge in [0.2, 0.25) is 0 Å². The molecule has 2 N–H and O–H groups in total. The predicted molar refractivity (Wildman–Crippen MR) is 96.9 cm³/mol. The molecule has 0 fully saturated rings. The lowest BCUT2D eigenvalue weighted by molar-refractivity contribution is -0.178. The highest BCUT2D eigenvalue weighted by molar-refractivity contribution is 7.90. The van der Waals surface area contributed by atoms with Gasteiger partial charge in [-0.2, -0.15) is 0 Å². The van der Waals surface area contributed by atoms with Crippen LogP contribution < -0.4 is 0 Å². The zero-order chi connectivity index (χ0) is 20.7. The fourth-order valence-electron chi connectivity index (χ4n) is 3.00. The number of benzene rings is 2. The molecule has 8 nitrogen and oxygen atoms in total. The molecular formula is C19H14O8S. The van der Waals surface area contributed by atoms with Crippen molar-refractivity contribution < 1.29 is 37.8 Å². The largest absolute Gasteiger partial charge is 0.478 e. The number of cyclic esters (lactones) is 1. The highest BCUT2D eigenvalue weighted by Gasteiger charge is 2.61. The van der Waals surface area contributed by atoms with E-state index in [9.17, 15) is 33.0 Å². The van der Waals surface area contributed by atoms with Gasteiger partial charge in [0, 0.05) is 11.8 Å². The van der Waals surface area contributed by atoms with E-state index in [-0.39, 0.29) is 27.2 Å². The second-order valence-corrected chi connectivity index (χ2v) is 8.11. The standard InChI is InChI=1S/C19H14O8S/c1-28(25,26)13-9-7-12(8-10-13)15-14(11-5-3-2-4-6-11)16(20)27-19(15,17(21)22)18(23)24/h2-10H,1H3,(H,21,22)(H,23,24). The number of ether oxygens (including phenoxy) is 1. The van der Waals surface area contributed by atoms with Crippen molar-refractivity contribution in [2.75, 3.05) is 6.26 Å². The van der Waals surface area contributed by atoms with E-state index in [1.54, 1.807) is 18.2 Å². The molecule has 0 unspecified atom stereocenters. The first kappa shape index (κ1) is 19.3. The average molecular weight is 402 g/mol. The van der Waals surface area contributed by atoms with Crippen molar-refractivity contribution in [3.63, 3.8) is 0 Å². The fraction of sp³-hybridized carbons (Fsp3) is 0.105. The van der Waals surface area contributed by atoms with E-state index in [1.807, 2.05) is 0 Å². The van der Waals surface area contributed by atoms with E-state index < -0.39 is 33.3 Å². The second-order valence-electron chi connectivity index (χ2n) is 6.09. The summed E-state index contributed by atoms with van der Waals surface area (Å²) in [5, 5.41) is 19.3. The third-order valence-corrected chi connectivity index (χ3v) is 5.42. The Morgan fingerprint density at radius 1 is 0.893 bits per heavy atom. The first-order valence-corrected chi connectivity index (χ1v) is 9.79. The number of carbonyl (C=O) groups is 3. The summed E-state index contributed by atoms with van der Waals surface area (Å²) < 4.78 is 28.2. The third kappa shape index (κ3) is 2.95. The molecule has 0 aromatic heterocycles. The molecule has 1 aliphatic heterocycles. The number of carboxylic acids is 2. The van der Waals surface area contributed by atoms with Crippen LogP contribution >= 0.6 is 0 Å². The van der Waals surface area contributed by atoms with Gasteiger partial charge in [0.25, 0.3) is 0 Å². The summed E-state index contributed by atoms with van der Waals surface area (Å²) in [6.07, 6.45) is 0.998. The molecular weight excluding hydrogens is 388 g/mol. The molecule has 0 saturated carbocycles. The first-order valence-electron chi connectivity index (χ1n) is 7.90. The summed E-state index contributed by atoms with van der Waals surface area (Å²) in [5.41, 5.74) is -3.21. The maximum absolute atomic E-state index is 12.5. The summed E-state index contributed by atoms with van der Waals surface area (Å²) in [6, 6.07) is 12.8. The first-order chi connectivity index (χ1) is 13.1. The molecule has 1 aliphatic rings. The van der Waals surface area contributed by atoms with Gasteiger partial charge in [0.15, 0.2) is 9.84 Å². The van der Waals surface area contributed by atoms with Gasteiger partial charge >= 0.3 is 23.5 Å². The smallest absolute Gasteiger partial charge is 0.365 e. The SMILES string of the molecule is CS(=O)(=O)c1ccc(C2=C(c3ccccc3)C(=O)OC2(C(=O)O)C(=O)O)cc1. The van der Waals surface area contributed by atoms with Gasteiger partial charge < -0.3 is 14.9 Å². The predicted octanol–water partition coefficient (Wildman–Crippen LogP) is 1.47. The van der Waals surface area contributed by atoms with Gasteiger partial charge in [0.05, 0.1) is 10.5 Å². The maximum atomic E-state index is 12.5. The van der Waals surface area contributed by atoms with Crippen molar-refractivity contribution in [1.29, 1.82) is 0 Å². The summed E-state index contributed by atoms with van der Waals surface area (Å²) in [7, 11) is -3.53. The van der Waals surface area contributed by atoms with E-state index in [0.717, 1.165) is 6.26 Å². The minimum absolute atomic E-state index is 0.0420. The lowest BCUT2D eigenvalue weighted by Crippen LogP contribution is -2.48. The molecule has 0 radical (unpaired) electrons. The summed E-state index contributed by atoms with van der Waals surface area (Å²) in [5.74, 6) is -4.85. The van der Waals surface area contributed by atoms with Crippen molar-refractivity contribution >= 4 is 38.9 Å². The van der Waals surface area contributed by atoms with Crippen molar-refractivity contribution in [1.82, 2.24) is 0 Å². The van der Waals surface area contributed by atoms with E-state index >= 15 is 0 Å². The van der Waals surface area contributed by atoms with Crippen LogP contribution in [0.4, 0.5) is 0 Å². The molecule has 9 heteroatoms. The highest BCUT2D eigenvalue weighted by Crippen LogP contribution is 2.44. The zero-order valence-corrected chi connectivity index (χ0v) is 15.3. The Bertz CT molecular complexity index is 1100. The number of rotatable bonds is 5. The molecule has 0 saturated heterocycles. The lowest BCUT2D eigenvalue weighted by Gasteiger charge is -2.22. The average Bonchev–Trinajstić information content (AvgIpc) is 2.96. The number of carbonyl (C=O) groups excluding carboxylic acids is 1. The molecule has 3 rings (SSSR count). The summed E-state index contributed by atoms with van der Waals surface area (Å²) >= 11 is 0. The number of esters is 1. The maximum Gasteiger partial charge on any atom is 0.365 e. The number of aliphatic carboxylic acids is 2. The minimum Gasteiger partial charge on any atom is -0.478 e. The molecule has 2 aromatic carbocycles. The number of carboxylic acid groups (broad SMARTS) is 2. The molecule has 144 valence electrons. The van der Waals surface area contributed by atoms with Gasteiger partial charge in [-0.25, -0.2) is 22.8 Å². The molecule has 0 atom stereocenters. The van der Waals surface area contributed by atoms with Crippen LogP contribution in [-0.2, 0) is 29.0 Å². The Hall–Kier alpha value is -3.46. The van der Waals surface area contributed by atoms with Crippen LogP contribution in [0.1, 0.15) is 11.1 Å². The van der Waals surface area contributed by atoms with Crippen LogP contribution in [0, 0.1) is 0 Å². The van der Waals surface area contributed by atoms with E-state index in [0.29, 0.717) is 0 Å². The Balaban J connectivity index is 2.36. The van der Waals surface area contributed by atoms with Gasteiger partial charge in [-0.15, -0.1) is 0 Å². The quantitative estimate of drug-likeness (QED) is 0.567. The Morgan fingerprint density at radius 2 is 1.43 bits per heavy atom. The number of hydrogen-bond donors (Lipinski definition) is 2. The van der Waals surface area contributed by atoms with Crippen molar-refractivity contribution in [3.8, 4) is 0 Å². The van der Waals surface area contributed by atoms with E-state index in [1.165, 1.54) is 36.4 Å². The van der Waals surface area contributed by atoms with Crippen LogP contribution in [0.3, 0.4) is 0 Å². The lowest BCUT2D eigenvalue weighted by atomic mass is 9.84. The molecule has 1 heterocycles. The monoisotopic (exact) mass is 402 g/mol. The zero-order valence-electron chi connectivity index (χ0n) is 14.4. The second kappa shape index (κ2) is 6.61. The Morgan fingerprint density at radius 3 is 1.89 bits per heavy atom.